The summed E-state index contributed by atoms with van der Waals surface area (Å²) < 4.78 is 43.0. The van der Waals surface area contributed by atoms with Gasteiger partial charge in [-0.15, -0.1) is 11.3 Å². The number of thiazole rings is 1. The topological polar surface area (TPSA) is 111 Å². The number of ether oxygens (including phenoxy) is 2. The van der Waals surface area contributed by atoms with Gasteiger partial charge in [0.25, 0.3) is 5.91 Å². The molecule has 31 heavy (non-hydrogen) atoms. The predicted molar refractivity (Wildman–Crippen MR) is 104 cm³/mol. The van der Waals surface area contributed by atoms with E-state index in [4.69, 9.17) is 19.4 Å². The first-order valence-corrected chi connectivity index (χ1v) is 9.47. The summed E-state index contributed by atoms with van der Waals surface area (Å²) in [6.07, 6.45) is -2.37. The van der Waals surface area contributed by atoms with Crippen LogP contribution in [0.4, 0.5) is 18.3 Å². The number of carbonyl (C=O) groups excluding carboxylic acids is 1. The fraction of sp³-hybridized carbons (Fsp3) is 0.158. The summed E-state index contributed by atoms with van der Waals surface area (Å²) in [5.74, 6) is -1.82. The number of anilines is 1. The van der Waals surface area contributed by atoms with E-state index in [9.17, 15) is 18.0 Å². The van der Waals surface area contributed by atoms with Crippen LogP contribution in [0, 0.1) is 0 Å². The lowest BCUT2D eigenvalue weighted by Gasteiger charge is -2.25. The van der Waals surface area contributed by atoms with Crippen molar-refractivity contribution in [2.75, 3.05) is 11.9 Å². The van der Waals surface area contributed by atoms with Crippen LogP contribution in [0.25, 0.3) is 11.3 Å². The summed E-state index contributed by atoms with van der Waals surface area (Å²) in [6.45, 7) is 0.172. The smallest absolute Gasteiger partial charge is 0.485 e. The lowest BCUT2D eigenvalue weighted by Crippen LogP contribution is -2.40. The van der Waals surface area contributed by atoms with Crippen LogP contribution in [0.5, 0.6) is 11.5 Å². The van der Waals surface area contributed by atoms with Gasteiger partial charge in [0.1, 0.15) is 6.61 Å². The monoisotopic (exact) mass is 453 g/mol. The van der Waals surface area contributed by atoms with Gasteiger partial charge in [0, 0.05) is 23.3 Å². The molecular weight excluding hydrogens is 439 g/mol. The Hall–Kier alpha value is -3.67. The second kappa shape index (κ2) is 9.43. The summed E-state index contributed by atoms with van der Waals surface area (Å²) in [5.41, 5.74) is 1.75. The number of benzene rings is 1. The highest BCUT2D eigenvalue weighted by molar-refractivity contribution is 7.14. The molecule has 0 saturated carbocycles. The third-order valence-electron chi connectivity index (χ3n) is 3.75. The van der Waals surface area contributed by atoms with E-state index in [0.717, 1.165) is 11.3 Å². The first-order valence-electron chi connectivity index (χ1n) is 8.59. The minimum atomic E-state index is -5.08. The number of alkyl halides is 3. The van der Waals surface area contributed by atoms with Crippen molar-refractivity contribution >= 4 is 28.3 Å². The minimum Gasteiger partial charge on any atom is -0.485 e. The van der Waals surface area contributed by atoms with Crippen LogP contribution in [0.2, 0.25) is 0 Å². The van der Waals surface area contributed by atoms with Crippen LogP contribution < -0.4 is 14.8 Å². The van der Waals surface area contributed by atoms with E-state index >= 15 is 0 Å². The van der Waals surface area contributed by atoms with Gasteiger partial charge < -0.3 is 14.6 Å². The number of hydrogen-bond acceptors (Lipinski definition) is 7. The fourth-order valence-corrected chi connectivity index (χ4v) is 3.04. The van der Waals surface area contributed by atoms with E-state index in [1.807, 2.05) is 35.7 Å². The Bertz CT molecular complexity index is 1060. The van der Waals surface area contributed by atoms with Crippen molar-refractivity contribution in [1.29, 1.82) is 0 Å². The number of rotatable bonds is 3. The van der Waals surface area contributed by atoms with Crippen LogP contribution >= 0.6 is 11.3 Å². The van der Waals surface area contributed by atoms with Crippen LogP contribution in [-0.4, -0.2) is 45.8 Å². The molecule has 0 radical (unpaired) electrons. The molecule has 1 aliphatic heterocycles. The van der Waals surface area contributed by atoms with Crippen LogP contribution in [-0.2, 0) is 9.59 Å². The minimum absolute atomic E-state index is 0.172. The first-order chi connectivity index (χ1) is 14.7. The number of fused-ring (bicyclic) bond motifs is 1. The van der Waals surface area contributed by atoms with Crippen molar-refractivity contribution in [2.45, 2.75) is 12.3 Å². The molecule has 0 bridgehead atoms. The Morgan fingerprint density at radius 2 is 1.77 bits per heavy atom. The van der Waals surface area contributed by atoms with Crippen molar-refractivity contribution in [3.05, 3.63) is 54.2 Å². The number of hydrogen-bond donors (Lipinski definition) is 2. The van der Waals surface area contributed by atoms with Crippen molar-refractivity contribution < 1.29 is 37.3 Å². The predicted octanol–water partition coefficient (Wildman–Crippen LogP) is 3.62. The summed E-state index contributed by atoms with van der Waals surface area (Å²) in [7, 11) is 0. The van der Waals surface area contributed by atoms with Crippen molar-refractivity contribution in [1.82, 2.24) is 9.97 Å². The molecule has 1 amide bonds. The number of aromatic nitrogens is 2. The molecule has 12 heteroatoms. The van der Waals surface area contributed by atoms with Crippen LogP contribution in [0.1, 0.15) is 0 Å². The Morgan fingerprint density at radius 3 is 2.42 bits per heavy atom. The molecule has 3 aromatic rings. The summed E-state index contributed by atoms with van der Waals surface area (Å²) in [4.78, 5) is 29.7. The van der Waals surface area contributed by atoms with Gasteiger partial charge in [0.05, 0.1) is 5.69 Å². The van der Waals surface area contributed by atoms with Gasteiger partial charge in [0.2, 0.25) is 6.10 Å². The molecule has 8 nitrogen and oxygen atoms in total. The Kier molecular flexibility index (Phi) is 6.70. The molecule has 0 saturated heterocycles. The molecule has 1 aromatic carbocycles. The highest BCUT2D eigenvalue weighted by Gasteiger charge is 2.38. The molecule has 2 aromatic heterocycles. The maximum Gasteiger partial charge on any atom is 0.490 e. The van der Waals surface area contributed by atoms with E-state index in [0.29, 0.717) is 16.6 Å². The van der Waals surface area contributed by atoms with Crippen molar-refractivity contribution in [3.63, 3.8) is 0 Å². The number of nitrogens with one attached hydrogen (secondary N) is 1. The summed E-state index contributed by atoms with van der Waals surface area (Å²) in [6, 6.07) is 11.0. The number of nitrogens with zero attached hydrogens (tertiary/aromatic N) is 2. The zero-order chi connectivity index (χ0) is 22.4. The van der Waals surface area contributed by atoms with E-state index in [-0.39, 0.29) is 12.5 Å². The molecule has 3 heterocycles. The van der Waals surface area contributed by atoms with Crippen LogP contribution in [0.15, 0.2) is 54.2 Å². The van der Waals surface area contributed by atoms with E-state index in [2.05, 4.69) is 15.3 Å². The van der Waals surface area contributed by atoms with E-state index < -0.39 is 18.2 Å². The van der Waals surface area contributed by atoms with Crippen molar-refractivity contribution in [3.8, 4) is 22.8 Å². The first kappa shape index (κ1) is 22.0. The molecule has 162 valence electrons. The Labute approximate surface area is 177 Å². The second-order valence-electron chi connectivity index (χ2n) is 5.93. The van der Waals surface area contributed by atoms with Crippen molar-refractivity contribution in [2.24, 2.45) is 0 Å². The standard InChI is InChI=1S/C17H13N3O3S.C2HF3O2/c21-16(15-9-22-13-3-1-2-4-14(13)23-15)20-17-19-12(10-24-17)11-5-7-18-8-6-11;3-2(4,5)1(6)7/h1-8,10,15H,9H2,(H,19,20,21);(H,6,7)/t15-;/m1./s1. The number of pyridine rings is 1. The lowest BCUT2D eigenvalue weighted by molar-refractivity contribution is -0.192. The lowest BCUT2D eigenvalue weighted by atomic mass is 10.2. The zero-order valence-corrected chi connectivity index (χ0v) is 16.3. The number of halogens is 3. The maximum atomic E-state index is 12.4. The average Bonchev–Trinajstić information content (AvgIpc) is 3.22. The van der Waals surface area contributed by atoms with Gasteiger partial charge in [-0.1, -0.05) is 12.1 Å². The SMILES string of the molecule is O=C(Nc1nc(-c2ccncc2)cs1)[C@H]1COc2ccccc2O1.O=C(O)C(F)(F)F. The third kappa shape index (κ3) is 5.92. The quantitative estimate of drug-likeness (QED) is 0.623. The Morgan fingerprint density at radius 1 is 1.13 bits per heavy atom. The number of carboxylic acid groups (broad SMARTS) is 1. The summed E-state index contributed by atoms with van der Waals surface area (Å²) in [5, 5.41) is 12.3. The van der Waals surface area contributed by atoms with Gasteiger partial charge in [-0.25, -0.2) is 9.78 Å². The number of carbonyl (C=O) groups is 2. The maximum absolute atomic E-state index is 12.4. The largest absolute Gasteiger partial charge is 0.490 e. The normalized spacial score (nSPS) is 14.7. The van der Waals surface area contributed by atoms with Gasteiger partial charge in [-0.3, -0.25) is 15.1 Å². The number of para-hydroxylation sites is 2. The molecular formula is C19H14F3N3O5S. The molecule has 0 spiro atoms. The van der Waals surface area contributed by atoms with Crippen LogP contribution in [0.3, 0.4) is 0 Å². The van der Waals surface area contributed by atoms with Gasteiger partial charge >= 0.3 is 12.1 Å². The van der Waals surface area contributed by atoms with Gasteiger partial charge in [-0.2, -0.15) is 13.2 Å². The highest BCUT2D eigenvalue weighted by atomic mass is 32.1. The van der Waals surface area contributed by atoms with E-state index in [1.165, 1.54) is 11.3 Å². The summed E-state index contributed by atoms with van der Waals surface area (Å²) >= 11 is 1.36. The molecule has 1 aliphatic rings. The number of carboxylic acids is 1. The molecule has 0 unspecified atom stereocenters. The van der Waals surface area contributed by atoms with Gasteiger partial charge in [-0.05, 0) is 24.3 Å². The number of amides is 1. The fourth-order valence-electron chi connectivity index (χ4n) is 2.32. The zero-order valence-electron chi connectivity index (χ0n) is 15.5. The third-order valence-corrected chi connectivity index (χ3v) is 4.51. The number of aliphatic carboxylic acids is 1. The molecule has 4 rings (SSSR count). The van der Waals surface area contributed by atoms with Gasteiger partial charge in [0.15, 0.2) is 16.6 Å². The highest BCUT2D eigenvalue weighted by Crippen LogP contribution is 2.31. The van der Waals surface area contributed by atoms with E-state index in [1.54, 1.807) is 18.5 Å². The molecule has 0 fully saturated rings. The average molecular weight is 453 g/mol. The molecule has 2 N–H and O–H groups in total. The molecule has 1 atom stereocenters. The second-order valence-corrected chi connectivity index (χ2v) is 6.79. The Balaban J connectivity index is 0.000000339. The molecule has 0 aliphatic carbocycles.